The Balaban J connectivity index is 2.05. The minimum Gasteiger partial charge on any atom is -0.478 e. The fourth-order valence-electron chi connectivity index (χ4n) is 1.78. The summed E-state index contributed by atoms with van der Waals surface area (Å²) in [6.45, 7) is 0.319. The number of ether oxygens (including phenoxy) is 1. The van der Waals surface area contributed by atoms with Crippen molar-refractivity contribution in [3.63, 3.8) is 0 Å². The summed E-state index contributed by atoms with van der Waals surface area (Å²) in [6.07, 6.45) is 0. The van der Waals surface area contributed by atoms with Crippen molar-refractivity contribution < 1.29 is 14.6 Å². The molecule has 0 aliphatic heterocycles. The second-order valence-electron chi connectivity index (χ2n) is 4.04. The van der Waals surface area contributed by atoms with Crippen LogP contribution in [0.2, 0.25) is 0 Å². The molecule has 0 fully saturated rings. The molecule has 3 aromatic rings. The van der Waals surface area contributed by atoms with E-state index in [0.29, 0.717) is 22.4 Å². The van der Waals surface area contributed by atoms with E-state index < -0.39 is 5.97 Å². The van der Waals surface area contributed by atoms with Gasteiger partial charge in [0.2, 0.25) is 4.96 Å². The molecule has 0 saturated heterocycles. The number of hydrogen-bond acceptors (Lipinski definition) is 6. The summed E-state index contributed by atoms with van der Waals surface area (Å²) in [6, 6.07) is 6.64. The lowest BCUT2D eigenvalue weighted by Gasteiger charge is -1.98. The number of rotatable bonds is 4. The van der Waals surface area contributed by atoms with E-state index in [9.17, 15) is 4.79 Å². The molecule has 1 aromatic carbocycles. The quantitative estimate of drug-likeness (QED) is 0.786. The molecule has 0 aliphatic rings. The highest BCUT2D eigenvalue weighted by Crippen LogP contribution is 2.26. The lowest BCUT2D eigenvalue weighted by Crippen LogP contribution is -1.98. The molecule has 1 N–H and O–H groups in total. The Morgan fingerprint density at radius 3 is 3.05 bits per heavy atom. The van der Waals surface area contributed by atoms with Gasteiger partial charge < -0.3 is 9.84 Å². The van der Waals surface area contributed by atoms with Crippen LogP contribution in [0.3, 0.4) is 0 Å². The summed E-state index contributed by atoms with van der Waals surface area (Å²) in [4.78, 5) is 11.6. The fraction of sp³-hybridized carbons (Fsp3) is 0.167. The van der Waals surface area contributed by atoms with Crippen molar-refractivity contribution in [2.75, 3.05) is 7.11 Å². The molecule has 0 atom stereocenters. The van der Waals surface area contributed by atoms with Crippen molar-refractivity contribution in [3.8, 4) is 10.6 Å². The summed E-state index contributed by atoms with van der Waals surface area (Å²) >= 11 is 1.35. The summed E-state index contributed by atoms with van der Waals surface area (Å²) in [5, 5.41) is 22.1. The molecule has 0 bridgehead atoms. The molecule has 2 aromatic heterocycles. The van der Waals surface area contributed by atoms with Gasteiger partial charge in [-0.25, -0.2) is 4.79 Å². The van der Waals surface area contributed by atoms with Crippen molar-refractivity contribution in [3.05, 3.63) is 35.7 Å². The van der Waals surface area contributed by atoms with E-state index in [4.69, 9.17) is 9.84 Å². The van der Waals surface area contributed by atoms with Gasteiger partial charge in [-0.15, -0.1) is 10.2 Å². The SMILES string of the molecule is COCc1nnc2sc(-c3cccc(C(=O)O)c3)nn12. The Morgan fingerprint density at radius 2 is 2.30 bits per heavy atom. The van der Waals surface area contributed by atoms with Gasteiger partial charge in [-0.1, -0.05) is 23.5 Å². The monoisotopic (exact) mass is 290 g/mol. The second kappa shape index (κ2) is 4.99. The highest BCUT2D eigenvalue weighted by Gasteiger charge is 2.13. The van der Waals surface area contributed by atoms with E-state index in [1.165, 1.54) is 11.3 Å². The number of nitrogens with zero attached hydrogens (tertiary/aromatic N) is 4. The molecule has 102 valence electrons. The molecule has 20 heavy (non-hydrogen) atoms. The first-order chi connectivity index (χ1) is 9.69. The van der Waals surface area contributed by atoms with E-state index in [1.54, 1.807) is 29.8 Å². The van der Waals surface area contributed by atoms with Crippen LogP contribution in [0.15, 0.2) is 24.3 Å². The summed E-state index contributed by atoms with van der Waals surface area (Å²) in [5.41, 5.74) is 0.967. The number of aromatic nitrogens is 4. The number of aromatic carboxylic acids is 1. The smallest absolute Gasteiger partial charge is 0.335 e. The van der Waals surface area contributed by atoms with Crippen LogP contribution in [-0.2, 0) is 11.3 Å². The third-order valence-electron chi connectivity index (χ3n) is 2.69. The Morgan fingerprint density at radius 1 is 1.45 bits per heavy atom. The fourth-order valence-corrected chi connectivity index (χ4v) is 2.63. The van der Waals surface area contributed by atoms with Crippen LogP contribution in [-0.4, -0.2) is 38.0 Å². The average molecular weight is 290 g/mol. The number of carboxylic acid groups (broad SMARTS) is 1. The van der Waals surface area contributed by atoms with E-state index in [0.717, 1.165) is 5.56 Å². The number of carbonyl (C=O) groups is 1. The van der Waals surface area contributed by atoms with Crippen molar-refractivity contribution in [1.82, 2.24) is 19.8 Å². The average Bonchev–Trinajstić information content (AvgIpc) is 3.01. The first-order valence-corrected chi connectivity index (χ1v) is 6.54. The topological polar surface area (TPSA) is 89.6 Å². The van der Waals surface area contributed by atoms with Gasteiger partial charge in [0.15, 0.2) is 5.82 Å². The van der Waals surface area contributed by atoms with Crippen LogP contribution >= 0.6 is 11.3 Å². The Kier molecular flexibility index (Phi) is 3.17. The van der Waals surface area contributed by atoms with Gasteiger partial charge in [0.05, 0.1) is 5.56 Å². The normalized spacial score (nSPS) is 11.1. The third-order valence-corrected chi connectivity index (χ3v) is 3.63. The highest BCUT2D eigenvalue weighted by atomic mass is 32.1. The highest BCUT2D eigenvalue weighted by molar-refractivity contribution is 7.19. The van der Waals surface area contributed by atoms with Crippen molar-refractivity contribution in [2.45, 2.75) is 6.61 Å². The third kappa shape index (κ3) is 2.15. The van der Waals surface area contributed by atoms with Crippen LogP contribution < -0.4 is 0 Å². The van der Waals surface area contributed by atoms with Gasteiger partial charge in [0, 0.05) is 12.7 Å². The van der Waals surface area contributed by atoms with E-state index >= 15 is 0 Å². The minimum atomic E-state index is -0.963. The molecule has 0 unspecified atom stereocenters. The molecule has 2 heterocycles. The summed E-state index contributed by atoms with van der Waals surface area (Å²) in [7, 11) is 1.57. The van der Waals surface area contributed by atoms with Gasteiger partial charge in [0.1, 0.15) is 11.6 Å². The number of hydrogen-bond donors (Lipinski definition) is 1. The van der Waals surface area contributed by atoms with Crippen molar-refractivity contribution in [1.29, 1.82) is 0 Å². The zero-order chi connectivity index (χ0) is 14.1. The van der Waals surface area contributed by atoms with Gasteiger partial charge in [-0.3, -0.25) is 0 Å². The largest absolute Gasteiger partial charge is 0.478 e. The van der Waals surface area contributed by atoms with Crippen molar-refractivity contribution >= 4 is 22.3 Å². The lowest BCUT2D eigenvalue weighted by atomic mass is 10.1. The Bertz CT molecular complexity index is 780. The summed E-state index contributed by atoms with van der Waals surface area (Å²) < 4.78 is 6.63. The maximum absolute atomic E-state index is 11.0. The molecular formula is C12H10N4O3S. The molecular weight excluding hydrogens is 280 g/mol. The lowest BCUT2D eigenvalue weighted by molar-refractivity contribution is 0.0697. The van der Waals surface area contributed by atoms with Gasteiger partial charge in [-0.2, -0.15) is 9.61 Å². The van der Waals surface area contributed by atoms with E-state index in [2.05, 4.69) is 15.3 Å². The first-order valence-electron chi connectivity index (χ1n) is 5.73. The Hall–Kier alpha value is -2.32. The first kappa shape index (κ1) is 12.7. The minimum absolute atomic E-state index is 0.227. The molecule has 0 radical (unpaired) electrons. The molecule has 0 saturated carbocycles. The number of carboxylic acids is 1. The Labute approximate surface area is 117 Å². The second-order valence-corrected chi connectivity index (χ2v) is 4.99. The van der Waals surface area contributed by atoms with Crippen molar-refractivity contribution in [2.24, 2.45) is 0 Å². The van der Waals surface area contributed by atoms with E-state index in [-0.39, 0.29) is 5.56 Å². The molecule has 0 spiro atoms. The standard InChI is InChI=1S/C12H10N4O3S/c1-19-6-9-13-14-12-16(9)15-10(20-12)7-3-2-4-8(5-7)11(17)18/h2-5H,6H2,1H3,(H,17,18). The molecule has 0 amide bonds. The zero-order valence-electron chi connectivity index (χ0n) is 10.5. The van der Waals surface area contributed by atoms with Crippen LogP contribution in [0, 0.1) is 0 Å². The van der Waals surface area contributed by atoms with E-state index in [1.807, 2.05) is 6.07 Å². The van der Waals surface area contributed by atoms with Gasteiger partial charge >= 0.3 is 5.97 Å². The predicted octanol–water partition coefficient (Wildman–Crippen LogP) is 1.70. The van der Waals surface area contributed by atoms with Crippen LogP contribution in [0.5, 0.6) is 0 Å². The van der Waals surface area contributed by atoms with Crippen LogP contribution in [0.4, 0.5) is 0 Å². The van der Waals surface area contributed by atoms with Gasteiger partial charge in [-0.05, 0) is 12.1 Å². The maximum atomic E-state index is 11.0. The number of fused-ring (bicyclic) bond motifs is 1. The number of benzene rings is 1. The molecule has 7 nitrogen and oxygen atoms in total. The zero-order valence-corrected chi connectivity index (χ0v) is 11.3. The molecule has 8 heteroatoms. The summed E-state index contributed by atoms with van der Waals surface area (Å²) in [5.74, 6) is -0.352. The molecule has 0 aliphatic carbocycles. The predicted molar refractivity (Wildman–Crippen MR) is 71.8 cm³/mol. The maximum Gasteiger partial charge on any atom is 0.335 e. The number of methoxy groups -OCH3 is 1. The molecule has 3 rings (SSSR count). The van der Waals surface area contributed by atoms with Gasteiger partial charge in [0.25, 0.3) is 0 Å². The van der Waals surface area contributed by atoms with Crippen LogP contribution in [0.1, 0.15) is 16.2 Å². The van der Waals surface area contributed by atoms with Crippen LogP contribution in [0.25, 0.3) is 15.5 Å².